The van der Waals surface area contributed by atoms with Crippen LogP contribution < -0.4 is 9.62 Å². The zero-order valence-corrected chi connectivity index (χ0v) is 17.0. The minimum atomic E-state index is -4.14. The molecular formula is C22H17N3O5S. The van der Waals surface area contributed by atoms with E-state index in [2.05, 4.69) is 5.32 Å². The summed E-state index contributed by atoms with van der Waals surface area (Å²) in [6.07, 6.45) is 1.13. The summed E-state index contributed by atoms with van der Waals surface area (Å²) in [6.45, 7) is 0.0718. The summed E-state index contributed by atoms with van der Waals surface area (Å²) in [5.74, 6) is -0.616. The van der Waals surface area contributed by atoms with Crippen molar-refractivity contribution in [1.82, 2.24) is 0 Å². The van der Waals surface area contributed by atoms with Crippen molar-refractivity contribution in [2.75, 3.05) is 9.62 Å². The molecule has 0 saturated heterocycles. The Morgan fingerprint density at radius 3 is 2.26 bits per heavy atom. The highest BCUT2D eigenvalue weighted by atomic mass is 32.2. The van der Waals surface area contributed by atoms with Crippen LogP contribution in [0.15, 0.2) is 90.0 Å². The van der Waals surface area contributed by atoms with Gasteiger partial charge in [-0.1, -0.05) is 42.5 Å². The zero-order valence-electron chi connectivity index (χ0n) is 16.1. The number of ketones is 1. The second-order valence-corrected chi connectivity index (χ2v) is 8.63. The number of allylic oxidation sites excluding steroid dienone is 1. The first-order chi connectivity index (χ1) is 14.9. The number of hydrogen-bond donors (Lipinski definition) is 1. The van der Waals surface area contributed by atoms with Crippen LogP contribution in [0.3, 0.4) is 0 Å². The van der Waals surface area contributed by atoms with E-state index in [1.807, 2.05) is 30.3 Å². The molecule has 0 atom stereocenters. The van der Waals surface area contributed by atoms with Crippen LogP contribution in [0.25, 0.3) is 0 Å². The van der Waals surface area contributed by atoms with E-state index in [-0.39, 0.29) is 17.8 Å². The highest BCUT2D eigenvalue weighted by molar-refractivity contribution is 7.97. The lowest BCUT2D eigenvalue weighted by atomic mass is 10.1. The van der Waals surface area contributed by atoms with Gasteiger partial charge < -0.3 is 5.32 Å². The number of nitro benzene ring substituents is 1. The Morgan fingerprint density at radius 2 is 1.58 bits per heavy atom. The van der Waals surface area contributed by atoms with Gasteiger partial charge in [-0.25, -0.2) is 8.42 Å². The maximum Gasteiger partial charge on any atom is 0.270 e. The number of benzene rings is 3. The average molecular weight is 435 g/mol. The molecule has 3 aromatic carbocycles. The molecule has 4 rings (SSSR count). The van der Waals surface area contributed by atoms with Gasteiger partial charge in [0.2, 0.25) is 5.78 Å². The number of carbonyl (C=O) groups is 1. The van der Waals surface area contributed by atoms with Gasteiger partial charge in [0, 0.05) is 29.6 Å². The monoisotopic (exact) mass is 435 g/mol. The van der Waals surface area contributed by atoms with Gasteiger partial charge >= 0.3 is 0 Å². The Balaban J connectivity index is 1.73. The molecule has 1 heterocycles. The zero-order chi connectivity index (χ0) is 22.0. The van der Waals surface area contributed by atoms with E-state index in [9.17, 15) is 23.3 Å². The van der Waals surface area contributed by atoms with Crippen molar-refractivity contribution < 1.29 is 18.1 Å². The molecule has 9 heteroatoms. The number of Topliss-reactive ketones (excluding diaryl/α,β-unsaturated/α-hetero) is 1. The van der Waals surface area contributed by atoms with Gasteiger partial charge in [0.1, 0.15) is 0 Å². The van der Waals surface area contributed by atoms with Crippen LogP contribution in [-0.4, -0.2) is 19.1 Å². The highest BCUT2D eigenvalue weighted by Crippen LogP contribution is 2.36. The number of fused-ring (bicyclic) bond motifs is 1. The minimum Gasteiger partial charge on any atom is -0.360 e. The van der Waals surface area contributed by atoms with E-state index in [0.717, 1.165) is 11.8 Å². The normalized spacial score (nSPS) is 16.1. The SMILES string of the molecule is O=C1C(=CNc2ccc([N+](=O)[O-])cc2)S(=O)(=O)N(Cc2ccccc2)c2ccccc21. The number of nitrogens with one attached hydrogen (secondary N) is 1. The number of rotatable bonds is 5. The number of nitro groups is 1. The fourth-order valence-corrected chi connectivity index (χ4v) is 4.80. The van der Waals surface area contributed by atoms with E-state index in [4.69, 9.17) is 0 Å². The van der Waals surface area contributed by atoms with Crippen molar-refractivity contribution >= 4 is 32.9 Å². The van der Waals surface area contributed by atoms with Crippen molar-refractivity contribution in [3.63, 3.8) is 0 Å². The molecule has 0 bridgehead atoms. The van der Waals surface area contributed by atoms with E-state index in [1.54, 1.807) is 24.3 Å². The molecule has 0 fully saturated rings. The highest BCUT2D eigenvalue weighted by Gasteiger charge is 2.40. The Bertz CT molecular complexity index is 1290. The molecule has 1 aliphatic heterocycles. The number of nitrogens with zero attached hydrogens (tertiary/aromatic N) is 2. The lowest BCUT2D eigenvalue weighted by molar-refractivity contribution is -0.384. The molecule has 3 aromatic rings. The molecule has 0 aromatic heterocycles. The predicted molar refractivity (Wildman–Crippen MR) is 117 cm³/mol. The molecule has 8 nitrogen and oxygen atoms in total. The smallest absolute Gasteiger partial charge is 0.270 e. The van der Waals surface area contributed by atoms with Crippen LogP contribution in [-0.2, 0) is 16.6 Å². The Labute approximate surface area is 178 Å². The third-order valence-corrected chi connectivity index (χ3v) is 6.59. The van der Waals surface area contributed by atoms with Crippen LogP contribution in [0.5, 0.6) is 0 Å². The quantitative estimate of drug-likeness (QED) is 0.367. The summed E-state index contributed by atoms with van der Waals surface area (Å²) in [5, 5.41) is 13.6. The van der Waals surface area contributed by atoms with Gasteiger partial charge in [-0.2, -0.15) is 0 Å². The Kier molecular flexibility index (Phi) is 5.26. The number of anilines is 2. The fourth-order valence-electron chi connectivity index (χ4n) is 3.27. The van der Waals surface area contributed by atoms with E-state index >= 15 is 0 Å². The number of non-ortho nitro benzene ring substituents is 1. The Morgan fingerprint density at radius 1 is 0.935 bits per heavy atom. The van der Waals surface area contributed by atoms with Gasteiger partial charge in [-0.3, -0.25) is 19.2 Å². The fraction of sp³-hybridized carbons (Fsp3) is 0.0455. The number of sulfonamides is 1. The second-order valence-electron chi connectivity index (χ2n) is 6.80. The molecule has 0 amide bonds. The summed E-state index contributed by atoms with van der Waals surface area (Å²) in [6, 6.07) is 21.1. The summed E-state index contributed by atoms with van der Waals surface area (Å²) in [4.78, 5) is 22.8. The van der Waals surface area contributed by atoms with Crippen LogP contribution >= 0.6 is 0 Å². The van der Waals surface area contributed by atoms with Crippen LogP contribution in [0, 0.1) is 10.1 Å². The lowest BCUT2D eigenvalue weighted by Crippen LogP contribution is -2.39. The molecule has 0 saturated carbocycles. The molecule has 0 radical (unpaired) electrons. The number of para-hydroxylation sites is 1. The number of carbonyl (C=O) groups excluding carboxylic acids is 1. The van der Waals surface area contributed by atoms with Crippen molar-refractivity contribution in [1.29, 1.82) is 0 Å². The van der Waals surface area contributed by atoms with Gasteiger partial charge in [0.15, 0.2) is 4.91 Å². The summed E-state index contributed by atoms with van der Waals surface area (Å²) < 4.78 is 27.9. The van der Waals surface area contributed by atoms with Crippen molar-refractivity contribution in [3.05, 3.63) is 111 Å². The van der Waals surface area contributed by atoms with Crippen molar-refractivity contribution in [3.8, 4) is 0 Å². The largest absolute Gasteiger partial charge is 0.360 e. The lowest BCUT2D eigenvalue weighted by Gasteiger charge is -2.31. The van der Waals surface area contributed by atoms with Gasteiger partial charge in [0.05, 0.1) is 17.2 Å². The van der Waals surface area contributed by atoms with E-state index in [1.165, 1.54) is 28.6 Å². The van der Waals surface area contributed by atoms with Gasteiger partial charge in [-0.05, 0) is 29.8 Å². The maximum absolute atomic E-state index is 13.4. The van der Waals surface area contributed by atoms with Crippen LogP contribution in [0.1, 0.15) is 15.9 Å². The maximum atomic E-state index is 13.4. The molecule has 1 aliphatic rings. The van der Waals surface area contributed by atoms with Gasteiger partial charge in [0.25, 0.3) is 15.7 Å². The first-order valence-electron chi connectivity index (χ1n) is 9.29. The summed E-state index contributed by atoms with van der Waals surface area (Å²) >= 11 is 0. The van der Waals surface area contributed by atoms with Crippen LogP contribution in [0.4, 0.5) is 17.1 Å². The standard InChI is InChI=1S/C22H17N3O5S/c26-22-19-8-4-5-9-20(19)24(15-16-6-2-1-3-7-16)31(29,30)21(22)14-23-17-10-12-18(13-11-17)25(27)28/h1-14,23H,15H2. The topological polar surface area (TPSA) is 110 Å². The second kappa shape index (κ2) is 8.04. The molecule has 0 spiro atoms. The van der Waals surface area contributed by atoms with Crippen molar-refractivity contribution in [2.24, 2.45) is 0 Å². The molecule has 0 aliphatic carbocycles. The molecule has 0 unspecified atom stereocenters. The average Bonchev–Trinajstić information content (AvgIpc) is 2.77. The minimum absolute atomic E-state index is 0.0718. The third kappa shape index (κ3) is 3.90. The first kappa shape index (κ1) is 20.3. The molecule has 31 heavy (non-hydrogen) atoms. The first-order valence-corrected chi connectivity index (χ1v) is 10.7. The Hall–Kier alpha value is -3.98. The summed E-state index contributed by atoms with van der Waals surface area (Å²) in [7, 11) is -4.14. The predicted octanol–water partition coefficient (Wildman–Crippen LogP) is 4.08. The molecular weight excluding hydrogens is 418 g/mol. The van der Waals surface area contributed by atoms with Gasteiger partial charge in [-0.15, -0.1) is 0 Å². The molecule has 1 N–H and O–H groups in total. The number of hydrogen-bond acceptors (Lipinski definition) is 6. The van der Waals surface area contributed by atoms with E-state index in [0.29, 0.717) is 11.4 Å². The summed E-state index contributed by atoms with van der Waals surface area (Å²) in [5.41, 5.74) is 1.70. The van der Waals surface area contributed by atoms with E-state index < -0.39 is 25.6 Å². The van der Waals surface area contributed by atoms with Crippen molar-refractivity contribution in [2.45, 2.75) is 6.54 Å². The van der Waals surface area contributed by atoms with Crippen LogP contribution in [0.2, 0.25) is 0 Å². The molecule has 156 valence electrons. The third-order valence-electron chi connectivity index (χ3n) is 4.83.